The Balaban J connectivity index is 2.68. The number of hydrogen-bond donors (Lipinski definition) is 1. The topological polar surface area (TPSA) is 29.1 Å². The van der Waals surface area contributed by atoms with Crippen molar-refractivity contribution in [2.24, 2.45) is 0 Å². The van der Waals surface area contributed by atoms with Crippen molar-refractivity contribution in [3.63, 3.8) is 0 Å². The summed E-state index contributed by atoms with van der Waals surface area (Å²) >= 11 is 0. The first-order valence-electron chi connectivity index (χ1n) is 5.73. The van der Waals surface area contributed by atoms with Crippen molar-refractivity contribution in [3.8, 4) is 0 Å². The van der Waals surface area contributed by atoms with Crippen molar-refractivity contribution in [1.29, 1.82) is 0 Å². The lowest BCUT2D eigenvalue weighted by molar-refractivity contribution is -0.121. The molecule has 1 aromatic rings. The van der Waals surface area contributed by atoms with E-state index < -0.39 is 0 Å². The van der Waals surface area contributed by atoms with Crippen LogP contribution in [-0.2, 0) is 4.79 Å². The van der Waals surface area contributed by atoms with Gasteiger partial charge in [-0.15, -0.1) is 6.58 Å². The average Bonchev–Trinajstić information content (AvgIpc) is 2.30. The molecule has 1 N–H and O–H groups in total. The molecule has 0 radical (unpaired) electrons. The SMILES string of the molecule is C=CCC(NC(=O)CCC)c1ccccc1. The molecule has 0 saturated carbocycles. The van der Waals surface area contributed by atoms with E-state index in [4.69, 9.17) is 0 Å². The van der Waals surface area contributed by atoms with E-state index in [0.29, 0.717) is 6.42 Å². The van der Waals surface area contributed by atoms with Gasteiger partial charge >= 0.3 is 0 Å². The fourth-order valence-electron chi connectivity index (χ4n) is 1.62. The van der Waals surface area contributed by atoms with Gasteiger partial charge in [0, 0.05) is 6.42 Å². The molecule has 86 valence electrons. The lowest BCUT2D eigenvalue weighted by atomic mass is 10.0. The van der Waals surface area contributed by atoms with Gasteiger partial charge in [0.2, 0.25) is 5.91 Å². The second kappa shape index (κ2) is 6.83. The van der Waals surface area contributed by atoms with Gasteiger partial charge in [0.1, 0.15) is 0 Å². The molecule has 1 aromatic carbocycles. The van der Waals surface area contributed by atoms with Crippen molar-refractivity contribution in [2.45, 2.75) is 32.2 Å². The Morgan fingerprint density at radius 1 is 1.44 bits per heavy atom. The summed E-state index contributed by atoms with van der Waals surface area (Å²) in [6.45, 7) is 5.73. The highest BCUT2D eigenvalue weighted by Gasteiger charge is 2.11. The van der Waals surface area contributed by atoms with E-state index in [1.807, 2.05) is 43.3 Å². The fraction of sp³-hybridized carbons (Fsp3) is 0.357. The normalized spacial score (nSPS) is 11.8. The van der Waals surface area contributed by atoms with E-state index >= 15 is 0 Å². The molecular formula is C14H19NO. The lowest BCUT2D eigenvalue weighted by Gasteiger charge is -2.17. The third-order valence-electron chi connectivity index (χ3n) is 2.42. The second-order valence-electron chi connectivity index (χ2n) is 3.81. The van der Waals surface area contributed by atoms with Crippen molar-refractivity contribution in [1.82, 2.24) is 5.32 Å². The molecule has 0 fully saturated rings. The zero-order valence-corrected chi connectivity index (χ0v) is 9.78. The molecule has 0 aliphatic carbocycles. The highest BCUT2D eigenvalue weighted by molar-refractivity contribution is 5.76. The van der Waals surface area contributed by atoms with Gasteiger partial charge in [-0.3, -0.25) is 4.79 Å². The molecule has 2 heteroatoms. The van der Waals surface area contributed by atoms with Crippen LogP contribution in [0.1, 0.15) is 37.8 Å². The Bertz CT molecular complexity index is 332. The summed E-state index contributed by atoms with van der Waals surface area (Å²) < 4.78 is 0. The minimum atomic E-state index is 0.0535. The molecule has 1 rings (SSSR count). The van der Waals surface area contributed by atoms with Crippen molar-refractivity contribution >= 4 is 5.91 Å². The maximum Gasteiger partial charge on any atom is 0.220 e. The van der Waals surface area contributed by atoms with Crippen LogP contribution in [0, 0.1) is 0 Å². The molecule has 0 aromatic heterocycles. The van der Waals surface area contributed by atoms with Crippen LogP contribution in [0.3, 0.4) is 0 Å². The van der Waals surface area contributed by atoms with Crippen LogP contribution in [-0.4, -0.2) is 5.91 Å². The molecule has 2 nitrogen and oxygen atoms in total. The van der Waals surface area contributed by atoms with Gasteiger partial charge in [0.15, 0.2) is 0 Å². The standard InChI is InChI=1S/C14H19NO/c1-3-8-13(15-14(16)9-4-2)12-10-6-5-7-11-12/h3,5-7,10-11,13H,1,4,8-9H2,2H3,(H,15,16). The quantitative estimate of drug-likeness (QED) is 0.728. The summed E-state index contributed by atoms with van der Waals surface area (Å²) in [4.78, 5) is 11.6. The molecule has 0 spiro atoms. The van der Waals surface area contributed by atoms with Crippen LogP contribution >= 0.6 is 0 Å². The van der Waals surface area contributed by atoms with Gasteiger partial charge in [0.05, 0.1) is 6.04 Å². The minimum absolute atomic E-state index is 0.0535. The van der Waals surface area contributed by atoms with Gasteiger partial charge in [-0.25, -0.2) is 0 Å². The van der Waals surface area contributed by atoms with Crippen molar-refractivity contribution in [3.05, 3.63) is 48.6 Å². The molecule has 16 heavy (non-hydrogen) atoms. The molecule has 0 aliphatic heterocycles. The van der Waals surface area contributed by atoms with E-state index in [1.165, 1.54) is 0 Å². The summed E-state index contributed by atoms with van der Waals surface area (Å²) in [6.07, 6.45) is 4.06. The number of carbonyl (C=O) groups excluding carboxylic acids is 1. The van der Waals surface area contributed by atoms with Crippen LogP contribution in [0.25, 0.3) is 0 Å². The third kappa shape index (κ3) is 3.89. The highest BCUT2D eigenvalue weighted by atomic mass is 16.1. The number of carbonyl (C=O) groups is 1. The van der Waals surface area contributed by atoms with Gasteiger partial charge in [0.25, 0.3) is 0 Å². The summed E-state index contributed by atoms with van der Waals surface area (Å²) in [5.74, 6) is 0.109. The number of benzene rings is 1. The number of rotatable bonds is 6. The molecular weight excluding hydrogens is 198 g/mol. The Hall–Kier alpha value is -1.57. The number of amides is 1. The fourth-order valence-corrected chi connectivity index (χ4v) is 1.62. The lowest BCUT2D eigenvalue weighted by Crippen LogP contribution is -2.27. The predicted molar refractivity (Wildman–Crippen MR) is 67.0 cm³/mol. The maximum atomic E-state index is 11.6. The highest BCUT2D eigenvalue weighted by Crippen LogP contribution is 2.16. The van der Waals surface area contributed by atoms with Crippen LogP contribution < -0.4 is 5.32 Å². The Morgan fingerprint density at radius 3 is 2.69 bits per heavy atom. The van der Waals surface area contributed by atoms with Crippen LogP contribution in [0.5, 0.6) is 0 Å². The summed E-state index contributed by atoms with van der Waals surface area (Å²) in [5.41, 5.74) is 1.13. The Morgan fingerprint density at radius 2 is 2.12 bits per heavy atom. The van der Waals surface area contributed by atoms with Gasteiger partial charge in [-0.05, 0) is 18.4 Å². The molecule has 0 heterocycles. The van der Waals surface area contributed by atoms with E-state index in [9.17, 15) is 4.79 Å². The zero-order chi connectivity index (χ0) is 11.8. The van der Waals surface area contributed by atoms with Crippen molar-refractivity contribution < 1.29 is 4.79 Å². The Kier molecular flexibility index (Phi) is 5.34. The van der Waals surface area contributed by atoms with Crippen LogP contribution in [0.2, 0.25) is 0 Å². The molecule has 0 aliphatic rings. The number of hydrogen-bond acceptors (Lipinski definition) is 1. The van der Waals surface area contributed by atoms with Crippen LogP contribution in [0.15, 0.2) is 43.0 Å². The first-order chi connectivity index (χ1) is 7.77. The second-order valence-corrected chi connectivity index (χ2v) is 3.81. The molecule has 1 amide bonds. The molecule has 0 bridgehead atoms. The van der Waals surface area contributed by atoms with E-state index in [0.717, 1.165) is 18.4 Å². The zero-order valence-electron chi connectivity index (χ0n) is 9.78. The first kappa shape index (κ1) is 12.5. The van der Waals surface area contributed by atoms with E-state index in [2.05, 4.69) is 11.9 Å². The molecule has 0 saturated heterocycles. The predicted octanol–water partition coefficient (Wildman–Crippen LogP) is 3.22. The largest absolute Gasteiger partial charge is 0.349 e. The third-order valence-corrected chi connectivity index (χ3v) is 2.42. The molecule has 1 atom stereocenters. The Labute approximate surface area is 97.4 Å². The van der Waals surface area contributed by atoms with Gasteiger partial charge in [-0.2, -0.15) is 0 Å². The van der Waals surface area contributed by atoms with E-state index in [1.54, 1.807) is 0 Å². The van der Waals surface area contributed by atoms with Crippen LogP contribution in [0.4, 0.5) is 0 Å². The minimum Gasteiger partial charge on any atom is -0.349 e. The van der Waals surface area contributed by atoms with Gasteiger partial charge in [-0.1, -0.05) is 43.3 Å². The average molecular weight is 217 g/mol. The maximum absolute atomic E-state index is 11.6. The van der Waals surface area contributed by atoms with Crippen molar-refractivity contribution in [2.75, 3.05) is 0 Å². The van der Waals surface area contributed by atoms with E-state index in [-0.39, 0.29) is 11.9 Å². The first-order valence-corrected chi connectivity index (χ1v) is 5.73. The monoisotopic (exact) mass is 217 g/mol. The smallest absolute Gasteiger partial charge is 0.220 e. The number of nitrogens with one attached hydrogen (secondary N) is 1. The molecule has 1 unspecified atom stereocenters. The van der Waals surface area contributed by atoms with Gasteiger partial charge < -0.3 is 5.32 Å². The summed E-state index contributed by atoms with van der Waals surface area (Å²) in [7, 11) is 0. The summed E-state index contributed by atoms with van der Waals surface area (Å²) in [6, 6.07) is 10.1. The summed E-state index contributed by atoms with van der Waals surface area (Å²) in [5, 5.41) is 3.02.